The molecule has 6 rings (SSSR count). The van der Waals surface area contributed by atoms with Gasteiger partial charge in [0.15, 0.2) is 11.4 Å². The SMILES string of the molecule is Cc1nocc1NCc1ccc(OCC2CCC3CN(c4noc5ccccc45)CCN3C2)nc1. The van der Waals surface area contributed by atoms with Gasteiger partial charge in [-0.3, -0.25) is 4.90 Å². The van der Waals surface area contributed by atoms with Gasteiger partial charge < -0.3 is 24.0 Å². The maximum absolute atomic E-state index is 6.06. The summed E-state index contributed by atoms with van der Waals surface area (Å²) in [5.74, 6) is 2.18. The van der Waals surface area contributed by atoms with Crippen LogP contribution in [0.4, 0.5) is 11.5 Å². The summed E-state index contributed by atoms with van der Waals surface area (Å²) in [7, 11) is 0. The van der Waals surface area contributed by atoms with Crippen LogP contribution in [0.25, 0.3) is 11.0 Å². The van der Waals surface area contributed by atoms with Crippen LogP contribution >= 0.6 is 0 Å². The quantitative estimate of drug-likeness (QED) is 0.425. The van der Waals surface area contributed by atoms with Gasteiger partial charge in [-0.15, -0.1) is 0 Å². The molecular formula is C26H30N6O3. The predicted molar refractivity (Wildman–Crippen MR) is 133 cm³/mol. The standard InChI is InChI=1S/C26H30N6O3/c1-18-23(17-34-29-18)27-12-19-7-9-25(28-13-19)33-16-20-6-8-21-15-32(11-10-31(21)14-20)26-22-4-2-3-5-24(22)35-30-26/h2-5,7,9,13,17,20-21,27H,6,8,10-12,14-16H2,1H3. The lowest BCUT2D eigenvalue weighted by molar-refractivity contribution is 0.0717. The summed E-state index contributed by atoms with van der Waals surface area (Å²) in [4.78, 5) is 9.49. The Morgan fingerprint density at radius 3 is 2.89 bits per heavy atom. The number of aryl methyl sites for hydroxylation is 1. The minimum atomic E-state index is 0.519. The smallest absolute Gasteiger partial charge is 0.213 e. The van der Waals surface area contributed by atoms with E-state index in [9.17, 15) is 0 Å². The fourth-order valence-electron chi connectivity index (χ4n) is 5.15. The van der Waals surface area contributed by atoms with Gasteiger partial charge in [0, 0.05) is 56.9 Å². The van der Waals surface area contributed by atoms with Gasteiger partial charge in [0.2, 0.25) is 5.88 Å². The monoisotopic (exact) mass is 474 g/mol. The number of piperazine rings is 1. The number of hydrogen-bond donors (Lipinski definition) is 1. The molecule has 0 saturated carbocycles. The molecule has 2 unspecified atom stereocenters. The molecule has 2 aliphatic heterocycles. The maximum atomic E-state index is 6.06. The average Bonchev–Trinajstić information content (AvgIpc) is 3.52. The molecule has 2 atom stereocenters. The summed E-state index contributed by atoms with van der Waals surface area (Å²) in [5, 5.41) is 12.6. The molecule has 2 fully saturated rings. The zero-order chi connectivity index (χ0) is 23.6. The van der Waals surface area contributed by atoms with E-state index < -0.39 is 0 Å². The van der Waals surface area contributed by atoms with E-state index in [1.165, 1.54) is 6.42 Å². The second-order valence-electron chi connectivity index (χ2n) is 9.52. The normalized spacial score (nSPS) is 20.7. The predicted octanol–water partition coefficient (Wildman–Crippen LogP) is 4.11. The Labute approximate surface area is 204 Å². The first-order valence-electron chi connectivity index (χ1n) is 12.3. The van der Waals surface area contributed by atoms with Crippen molar-refractivity contribution >= 4 is 22.5 Å². The summed E-state index contributed by atoms with van der Waals surface area (Å²) >= 11 is 0. The van der Waals surface area contributed by atoms with E-state index in [1.807, 2.05) is 43.5 Å². The molecule has 35 heavy (non-hydrogen) atoms. The third-order valence-electron chi connectivity index (χ3n) is 7.16. The van der Waals surface area contributed by atoms with Crippen molar-refractivity contribution in [1.29, 1.82) is 0 Å². The summed E-state index contributed by atoms with van der Waals surface area (Å²) in [6.07, 6.45) is 5.80. The Morgan fingerprint density at radius 2 is 2.03 bits per heavy atom. The summed E-state index contributed by atoms with van der Waals surface area (Å²) in [6.45, 7) is 7.33. The number of fused-ring (bicyclic) bond motifs is 2. The second-order valence-corrected chi connectivity index (χ2v) is 9.52. The lowest BCUT2D eigenvalue weighted by atomic mass is 9.91. The van der Waals surface area contributed by atoms with E-state index in [1.54, 1.807) is 6.26 Å². The van der Waals surface area contributed by atoms with Crippen LogP contribution in [0.3, 0.4) is 0 Å². The number of nitrogens with one attached hydrogen (secondary N) is 1. The van der Waals surface area contributed by atoms with Crippen LogP contribution in [0.15, 0.2) is 57.9 Å². The van der Waals surface area contributed by atoms with Crippen molar-refractivity contribution in [1.82, 2.24) is 20.2 Å². The van der Waals surface area contributed by atoms with Gasteiger partial charge >= 0.3 is 0 Å². The fraction of sp³-hybridized carbons (Fsp3) is 0.423. The Kier molecular flexibility index (Phi) is 5.99. The van der Waals surface area contributed by atoms with Crippen LogP contribution < -0.4 is 15.0 Å². The van der Waals surface area contributed by atoms with E-state index in [4.69, 9.17) is 13.8 Å². The minimum Gasteiger partial charge on any atom is -0.477 e. The molecule has 4 aromatic rings. The van der Waals surface area contributed by atoms with Gasteiger partial charge in [-0.2, -0.15) is 0 Å². The fourth-order valence-corrected chi connectivity index (χ4v) is 5.15. The van der Waals surface area contributed by atoms with Crippen LogP contribution in [0.2, 0.25) is 0 Å². The molecule has 5 heterocycles. The van der Waals surface area contributed by atoms with Crippen molar-refractivity contribution in [3.8, 4) is 5.88 Å². The zero-order valence-electron chi connectivity index (χ0n) is 19.9. The highest BCUT2D eigenvalue weighted by Crippen LogP contribution is 2.31. The average molecular weight is 475 g/mol. The zero-order valence-corrected chi connectivity index (χ0v) is 19.9. The number of aromatic nitrogens is 3. The molecule has 182 valence electrons. The van der Waals surface area contributed by atoms with Gasteiger partial charge in [0.05, 0.1) is 17.7 Å². The first-order chi connectivity index (χ1) is 17.2. The molecule has 9 heteroatoms. The summed E-state index contributed by atoms with van der Waals surface area (Å²) in [5.41, 5.74) is 3.68. The van der Waals surface area contributed by atoms with Crippen LogP contribution in [-0.2, 0) is 6.54 Å². The van der Waals surface area contributed by atoms with Gasteiger partial charge in [-0.1, -0.05) is 28.5 Å². The number of pyridine rings is 1. The number of nitrogens with zero attached hydrogens (tertiary/aromatic N) is 5. The molecular weight excluding hydrogens is 444 g/mol. The number of benzene rings is 1. The number of ether oxygens (including phenoxy) is 1. The molecule has 0 bridgehead atoms. The first kappa shape index (κ1) is 21.9. The van der Waals surface area contributed by atoms with Crippen molar-refractivity contribution < 1.29 is 13.8 Å². The Bertz CT molecular complexity index is 1270. The molecule has 2 saturated heterocycles. The summed E-state index contributed by atoms with van der Waals surface area (Å²) in [6, 6.07) is 12.6. The molecule has 9 nitrogen and oxygen atoms in total. The minimum absolute atomic E-state index is 0.519. The van der Waals surface area contributed by atoms with Crippen molar-refractivity contribution in [2.45, 2.75) is 32.4 Å². The van der Waals surface area contributed by atoms with Crippen molar-refractivity contribution in [3.05, 3.63) is 60.1 Å². The van der Waals surface area contributed by atoms with Crippen molar-refractivity contribution in [3.63, 3.8) is 0 Å². The van der Waals surface area contributed by atoms with Gasteiger partial charge in [-0.25, -0.2) is 4.98 Å². The molecule has 0 radical (unpaired) electrons. The number of anilines is 2. The second kappa shape index (κ2) is 9.58. The molecule has 0 aliphatic carbocycles. The van der Waals surface area contributed by atoms with E-state index in [-0.39, 0.29) is 0 Å². The van der Waals surface area contributed by atoms with Gasteiger partial charge in [-0.05, 0) is 37.5 Å². The largest absolute Gasteiger partial charge is 0.477 e. The third-order valence-corrected chi connectivity index (χ3v) is 7.16. The molecule has 2 aliphatic rings. The lowest BCUT2D eigenvalue weighted by Gasteiger charge is -2.46. The highest BCUT2D eigenvalue weighted by atomic mass is 16.5. The maximum Gasteiger partial charge on any atom is 0.213 e. The van der Waals surface area contributed by atoms with Gasteiger partial charge in [0.1, 0.15) is 12.0 Å². The lowest BCUT2D eigenvalue weighted by Crippen LogP contribution is -2.57. The number of rotatable bonds is 7. The van der Waals surface area contributed by atoms with E-state index in [2.05, 4.69) is 36.5 Å². The van der Waals surface area contributed by atoms with Crippen LogP contribution in [-0.4, -0.2) is 59.0 Å². The highest BCUT2D eigenvalue weighted by molar-refractivity contribution is 5.88. The molecule has 0 amide bonds. The van der Waals surface area contributed by atoms with Crippen molar-refractivity contribution in [2.24, 2.45) is 5.92 Å². The Balaban J connectivity index is 0.983. The number of piperidine rings is 1. The highest BCUT2D eigenvalue weighted by Gasteiger charge is 2.34. The topological polar surface area (TPSA) is 92.7 Å². The third kappa shape index (κ3) is 4.68. The summed E-state index contributed by atoms with van der Waals surface area (Å²) < 4.78 is 16.5. The number of para-hydroxylation sites is 1. The first-order valence-corrected chi connectivity index (χ1v) is 12.3. The van der Waals surface area contributed by atoms with Crippen LogP contribution in [0.1, 0.15) is 24.1 Å². The Morgan fingerprint density at radius 1 is 1.09 bits per heavy atom. The number of hydrogen-bond acceptors (Lipinski definition) is 9. The van der Waals surface area contributed by atoms with E-state index in [0.717, 1.165) is 66.3 Å². The van der Waals surface area contributed by atoms with E-state index in [0.29, 0.717) is 31.0 Å². The molecule has 3 aromatic heterocycles. The molecule has 1 N–H and O–H groups in total. The van der Waals surface area contributed by atoms with Crippen LogP contribution in [0, 0.1) is 12.8 Å². The molecule has 0 spiro atoms. The van der Waals surface area contributed by atoms with Gasteiger partial charge in [0.25, 0.3) is 0 Å². The molecule has 1 aromatic carbocycles. The Hall–Kier alpha value is -3.59. The van der Waals surface area contributed by atoms with Crippen LogP contribution in [0.5, 0.6) is 5.88 Å². The van der Waals surface area contributed by atoms with E-state index >= 15 is 0 Å². The van der Waals surface area contributed by atoms with Crippen molar-refractivity contribution in [2.75, 3.05) is 43.0 Å².